The highest BCUT2D eigenvalue weighted by Gasteiger charge is 2.18. The van der Waals surface area contributed by atoms with E-state index in [-0.39, 0.29) is 19.0 Å². The van der Waals surface area contributed by atoms with Crippen molar-refractivity contribution in [3.05, 3.63) is 94.6 Å². The zero-order valence-electron chi connectivity index (χ0n) is 17.6. The van der Waals surface area contributed by atoms with Crippen LogP contribution >= 0.6 is 38.9 Å². The fourth-order valence-corrected chi connectivity index (χ4v) is 4.72. The summed E-state index contributed by atoms with van der Waals surface area (Å²) in [7, 11) is 1.52. The van der Waals surface area contributed by atoms with E-state index in [1.54, 1.807) is 43.5 Å². The number of aryl methyl sites for hydroxylation is 1. The molecule has 0 aliphatic heterocycles. The molecule has 4 rings (SSSR count). The number of nitrogens with one attached hydrogen (secondary N) is 1. The lowest BCUT2D eigenvalue weighted by atomic mass is 10.2. The number of hydrogen-bond donors (Lipinski definition) is 1. The summed E-state index contributed by atoms with van der Waals surface area (Å²) < 4.78 is 8.29. The highest BCUT2D eigenvalue weighted by atomic mass is 79.9. The number of thiazole rings is 1. The molecule has 0 saturated heterocycles. The van der Waals surface area contributed by atoms with E-state index in [0.717, 1.165) is 25.9 Å². The Labute approximate surface area is 205 Å². The lowest BCUT2D eigenvalue weighted by Crippen LogP contribution is -2.38. The Morgan fingerprint density at radius 2 is 2.03 bits per heavy atom. The Morgan fingerprint density at radius 3 is 2.76 bits per heavy atom. The molecule has 170 valence electrons. The molecule has 1 amide bonds. The third kappa shape index (κ3) is 4.73. The third-order valence-electron chi connectivity index (χ3n) is 5.01. The maximum Gasteiger partial charge on any atom is 0.336 e. The maximum absolute atomic E-state index is 13.1. The van der Waals surface area contributed by atoms with Crippen LogP contribution < -0.4 is 21.3 Å². The van der Waals surface area contributed by atoms with Crippen molar-refractivity contribution in [3.63, 3.8) is 0 Å². The quantitative estimate of drug-likeness (QED) is 0.396. The van der Waals surface area contributed by atoms with Gasteiger partial charge in [-0.05, 0) is 52.2 Å². The number of carbonyl (C=O) groups is 1. The number of hydrogen-bond acceptors (Lipinski definition) is 6. The Kier molecular flexibility index (Phi) is 6.68. The van der Waals surface area contributed by atoms with Gasteiger partial charge in [0.1, 0.15) is 9.71 Å². The average Bonchev–Trinajstić information content (AvgIpc) is 3.27. The van der Waals surface area contributed by atoms with Crippen LogP contribution in [-0.2, 0) is 13.1 Å². The van der Waals surface area contributed by atoms with Gasteiger partial charge in [0.05, 0.1) is 18.7 Å². The van der Waals surface area contributed by atoms with Gasteiger partial charge in [-0.2, -0.15) is 0 Å². The van der Waals surface area contributed by atoms with E-state index < -0.39 is 11.2 Å². The van der Waals surface area contributed by atoms with Crippen LogP contribution in [0, 0.1) is 6.92 Å². The molecular weight excluding hydrogens is 532 g/mol. The minimum Gasteiger partial charge on any atom is -0.481 e. The first-order valence-corrected chi connectivity index (χ1v) is 11.7. The molecule has 0 atom stereocenters. The van der Waals surface area contributed by atoms with Crippen LogP contribution in [0.25, 0.3) is 4.83 Å². The van der Waals surface area contributed by atoms with Crippen LogP contribution in [0.15, 0.2) is 56.8 Å². The fourth-order valence-electron chi connectivity index (χ4n) is 3.27. The van der Waals surface area contributed by atoms with Gasteiger partial charge in [0.25, 0.3) is 11.5 Å². The highest BCUT2D eigenvalue weighted by Crippen LogP contribution is 2.23. The Hall–Kier alpha value is -2.95. The number of rotatable bonds is 6. The number of carbonyl (C=O) groups excluding carboxylic acids is 1. The van der Waals surface area contributed by atoms with Gasteiger partial charge < -0.3 is 10.1 Å². The molecule has 33 heavy (non-hydrogen) atoms. The Balaban J connectivity index is 1.64. The number of aromatic nitrogens is 3. The second-order valence-corrected chi connectivity index (χ2v) is 9.50. The topological polar surface area (TPSA) is 94.7 Å². The maximum atomic E-state index is 13.1. The van der Waals surface area contributed by atoms with Gasteiger partial charge in [-0.3, -0.25) is 18.6 Å². The molecule has 0 aliphatic rings. The van der Waals surface area contributed by atoms with Crippen molar-refractivity contribution < 1.29 is 9.53 Å². The van der Waals surface area contributed by atoms with Gasteiger partial charge in [0.15, 0.2) is 0 Å². The third-order valence-corrected chi connectivity index (χ3v) is 7.44. The molecule has 0 unspecified atom stereocenters. The van der Waals surface area contributed by atoms with Crippen LogP contribution in [0.5, 0.6) is 5.88 Å². The predicted octanol–water partition coefficient (Wildman–Crippen LogP) is 3.63. The van der Waals surface area contributed by atoms with Crippen LogP contribution in [0.3, 0.4) is 0 Å². The molecule has 0 aliphatic carbocycles. The van der Waals surface area contributed by atoms with E-state index in [1.807, 2.05) is 0 Å². The minimum absolute atomic E-state index is 0.0652. The molecule has 0 spiro atoms. The summed E-state index contributed by atoms with van der Waals surface area (Å²) in [4.78, 5) is 43.5. The van der Waals surface area contributed by atoms with Crippen molar-refractivity contribution in [1.82, 2.24) is 19.3 Å². The van der Waals surface area contributed by atoms with Gasteiger partial charge in [0.2, 0.25) is 5.88 Å². The monoisotopic (exact) mass is 548 g/mol. The zero-order valence-corrected chi connectivity index (χ0v) is 20.8. The molecule has 1 aromatic carbocycles. The normalized spacial score (nSPS) is 11.0. The molecular formula is C22H18BrClN4O4S. The van der Waals surface area contributed by atoms with E-state index in [9.17, 15) is 14.4 Å². The first-order chi connectivity index (χ1) is 15.8. The summed E-state index contributed by atoms with van der Waals surface area (Å²) in [6.07, 6.45) is 3.05. The molecule has 0 fully saturated rings. The molecule has 0 radical (unpaired) electrons. The fraction of sp³-hybridized carbons (Fsp3) is 0.182. The minimum atomic E-state index is -0.520. The van der Waals surface area contributed by atoms with E-state index in [1.165, 1.54) is 17.7 Å². The number of benzene rings is 1. The first kappa shape index (κ1) is 23.2. The summed E-state index contributed by atoms with van der Waals surface area (Å²) >= 11 is 10.6. The van der Waals surface area contributed by atoms with Crippen molar-refractivity contribution in [2.75, 3.05) is 7.11 Å². The molecule has 0 bridgehead atoms. The highest BCUT2D eigenvalue weighted by molar-refractivity contribution is 9.10. The molecule has 8 nitrogen and oxygen atoms in total. The number of nitrogens with zero attached hydrogens (tertiary/aromatic N) is 3. The van der Waals surface area contributed by atoms with E-state index in [2.05, 4.69) is 26.2 Å². The summed E-state index contributed by atoms with van der Waals surface area (Å²) in [6, 6.07) is 8.73. The van der Waals surface area contributed by atoms with Crippen LogP contribution in [0.4, 0.5) is 0 Å². The van der Waals surface area contributed by atoms with Crippen molar-refractivity contribution in [3.8, 4) is 5.88 Å². The van der Waals surface area contributed by atoms with Gasteiger partial charge in [-0.1, -0.05) is 17.7 Å². The second-order valence-electron chi connectivity index (χ2n) is 7.21. The largest absolute Gasteiger partial charge is 0.481 e. The molecule has 1 N–H and O–H groups in total. The van der Waals surface area contributed by atoms with E-state index in [0.29, 0.717) is 31.7 Å². The lowest BCUT2D eigenvalue weighted by molar-refractivity contribution is 0.0954. The Bertz CT molecular complexity index is 1490. The van der Waals surface area contributed by atoms with Gasteiger partial charge in [-0.25, -0.2) is 9.78 Å². The summed E-state index contributed by atoms with van der Waals surface area (Å²) in [6.45, 7) is 1.97. The number of halogens is 2. The molecule has 11 heteroatoms. The predicted molar refractivity (Wildman–Crippen MR) is 131 cm³/mol. The van der Waals surface area contributed by atoms with Crippen LogP contribution in [-0.4, -0.2) is 27.0 Å². The number of methoxy groups -OCH3 is 1. The number of pyridine rings is 1. The number of amides is 1. The standard InChI is InChI=1S/C22H18BrClN4O4S/c1-12-20(30)27(10-14-3-4-15(23)16(24)7-14)22(31)28-11-17(33-21(12)28)19(29)26-9-13-5-6-25-18(8-13)32-2/h3-8,11H,9-10H2,1-2H3,(H,26,29). The number of fused-ring (bicyclic) bond motifs is 1. The Morgan fingerprint density at radius 1 is 1.24 bits per heavy atom. The number of ether oxygens (including phenoxy) is 1. The lowest BCUT2D eigenvalue weighted by Gasteiger charge is -2.08. The first-order valence-electron chi connectivity index (χ1n) is 9.75. The molecule has 4 aromatic rings. The summed E-state index contributed by atoms with van der Waals surface area (Å²) in [5, 5.41) is 3.30. The second kappa shape index (κ2) is 9.50. The van der Waals surface area contributed by atoms with Crippen LogP contribution in [0.1, 0.15) is 26.4 Å². The molecule has 3 aromatic heterocycles. The van der Waals surface area contributed by atoms with Crippen molar-refractivity contribution in [2.45, 2.75) is 20.0 Å². The van der Waals surface area contributed by atoms with Crippen LogP contribution in [0.2, 0.25) is 5.02 Å². The van der Waals surface area contributed by atoms with Gasteiger partial charge in [0, 0.05) is 35.0 Å². The molecule has 3 heterocycles. The van der Waals surface area contributed by atoms with E-state index in [4.69, 9.17) is 16.3 Å². The SMILES string of the molecule is COc1cc(CNC(=O)c2cn3c(=O)n(Cc4ccc(Br)c(Cl)c4)c(=O)c(C)c3s2)ccn1. The summed E-state index contributed by atoms with van der Waals surface area (Å²) in [5.41, 5.74) is 0.992. The smallest absolute Gasteiger partial charge is 0.336 e. The molecule has 0 saturated carbocycles. The van der Waals surface area contributed by atoms with Crippen molar-refractivity contribution in [1.29, 1.82) is 0 Å². The average molecular weight is 550 g/mol. The van der Waals surface area contributed by atoms with Crippen molar-refractivity contribution >= 4 is 49.6 Å². The van der Waals surface area contributed by atoms with Gasteiger partial charge in [-0.15, -0.1) is 11.3 Å². The van der Waals surface area contributed by atoms with E-state index >= 15 is 0 Å². The summed E-state index contributed by atoms with van der Waals surface area (Å²) in [5.74, 6) is 0.0994. The zero-order chi connectivity index (χ0) is 23.7. The van der Waals surface area contributed by atoms with Gasteiger partial charge >= 0.3 is 5.69 Å². The van der Waals surface area contributed by atoms with Crippen molar-refractivity contribution in [2.24, 2.45) is 0 Å².